The standard InChI is InChI=1S/C8H9ClO2/c1-6(10)5-7(9)8-3-2-4-11-8/h2-4,7H,5H2,1H3. The number of alkyl halides is 1. The smallest absolute Gasteiger partial charge is 0.131 e. The van der Waals surface area contributed by atoms with E-state index in [9.17, 15) is 4.79 Å². The highest BCUT2D eigenvalue weighted by atomic mass is 35.5. The van der Waals surface area contributed by atoms with Crippen LogP contribution in [0.5, 0.6) is 0 Å². The van der Waals surface area contributed by atoms with E-state index in [-0.39, 0.29) is 11.2 Å². The first kappa shape index (κ1) is 8.34. The minimum Gasteiger partial charge on any atom is -0.468 e. The SMILES string of the molecule is CC(=O)CC(Cl)c1ccco1. The summed E-state index contributed by atoms with van der Waals surface area (Å²) in [5.41, 5.74) is 0. The molecule has 1 atom stereocenters. The molecule has 0 aromatic carbocycles. The Kier molecular flexibility index (Phi) is 2.71. The molecule has 0 radical (unpaired) electrons. The van der Waals surface area contributed by atoms with Crippen molar-refractivity contribution in [2.75, 3.05) is 0 Å². The lowest BCUT2D eigenvalue weighted by atomic mass is 10.2. The minimum atomic E-state index is -0.317. The van der Waals surface area contributed by atoms with Crippen LogP contribution in [0.1, 0.15) is 24.5 Å². The third kappa shape index (κ3) is 2.39. The summed E-state index contributed by atoms with van der Waals surface area (Å²) in [4.78, 5) is 10.6. The van der Waals surface area contributed by atoms with Crippen molar-refractivity contribution in [1.29, 1.82) is 0 Å². The van der Waals surface area contributed by atoms with Crippen LogP contribution in [0.4, 0.5) is 0 Å². The first-order chi connectivity index (χ1) is 5.20. The van der Waals surface area contributed by atoms with Gasteiger partial charge in [0.15, 0.2) is 0 Å². The fourth-order valence-corrected chi connectivity index (χ4v) is 1.16. The van der Waals surface area contributed by atoms with E-state index >= 15 is 0 Å². The van der Waals surface area contributed by atoms with Crippen LogP contribution in [0.15, 0.2) is 22.8 Å². The average Bonchev–Trinajstić information content (AvgIpc) is 2.35. The topological polar surface area (TPSA) is 30.2 Å². The van der Waals surface area contributed by atoms with Crippen molar-refractivity contribution in [3.05, 3.63) is 24.2 Å². The molecule has 0 aliphatic rings. The van der Waals surface area contributed by atoms with Gasteiger partial charge in [-0.25, -0.2) is 0 Å². The van der Waals surface area contributed by atoms with Gasteiger partial charge in [-0.05, 0) is 19.1 Å². The number of carbonyl (C=O) groups excluding carboxylic acids is 1. The van der Waals surface area contributed by atoms with Gasteiger partial charge in [0.2, 0.25) is 0 Å². The second kappa shape index (κ2) is 3.58. The van der Waals surface area contributed by atoms with Crippen LogP contribution in [-0.2, 0) is 4.79 Å². The van der Waals surface area contributed by atoms with Gasteiger partial charge in [0, 0.05) is 6.42 Å². The summed E-state index contributed by atoms with van der Waals surface area (Å²) < 4.78 is 5.01. The van der Waals surface area contributed by atoms with Crippen LogP contribution in [0, 0.1) is 0 Å². The number of hydrogen-bond donors (Lipinski definition) is 0. The Bertz CT molecular complexity index is 228. The number of hydrogen-bond acceptors (Lipinski definition) is 2. The molecule has 0 N–H and O–H groups in total. The van der Waals surface area contributed by atoms with Gasteiger partial charge >= 0.3 is 0 Å². The number of furan rings is 1. The number of rotatable bonds is 3. The molecule has 1 rings (SSSR count). The quantitative estimate of drug-likeness (QED) is 0.656. The van der Waals surface area contributed by atoms with Crippen LogP contribution < -0.4 is 0 Å². The molecule has 1 aromatic heterocycles. The molecule has 1 unspecified atom stereocenters. The van der Waals surface area contributed by atoms with E-state index in [4.69, 9.17) is 16.0 Å². The molecule has 2 nitrogen and oxygen atoms in total. The number of ketones is 1. The third-order valence-corrected chi connectivity index (χ3v) is 1.69. The van der Waals surface area contributed by atoms with E-state index < -0.39 is 0 Å². The number of carbonyl (C=O) groups is 1. The maximum atomic E-state index is 10.6. The molecular formula is C8H9ClO2. The molecule has 1 heterocycles. The first-order valence-electron chi connectivity index (χ1n) is 3.37. The largest absolute Gasteiger partial charge is 0.468 e. The molecule has 0 aliphatic carbocycles. The third-order valence-electron chi connectivity index (χ3n) is 1.32. The molecule has 3 heteroatoms. The molecule has 60 valence electrons. The van der Waals surface area contributed by atoms with Gasteiger partial charge in [-0.1, -0.05) is 0 Å². The zero-order valence-corrected chi connectivity index (χ0v) is 6.97. The van der Waals surface area contributed by atoms with Crippen LogP contribution in [0.25, 0.3) is 0 Å². The summed E-state index contributed by atoms with van der Waals surface area (Å²) in [7, 11) is 0. The number of Topliss-reactive ketones (excluding diaryl/α,β-unsaturated/α-hetero) is 1. The summed E-state index contributed by atoms with van der Waals surface area (Å²) in [6, 6.07) is 3.52. The van der Waals surface area contributed by atoms with Crippen molar-refractivity contribution < 1.29 is 9.21 Å². The van der Waals surface area contributed by atoms with Crippen molar-refractivity contribution in [2.24, 2.45) is 0 Å². The Balaban J connectivity index is 2.56. The summed E-state index contributed by atoms with van der Waals surface area (Å²) in [5, 5.41) is -0.317. The molecule has 0 saturated heterocycles. The second-order valence-electron chi connectivity index (χ2n) is 2.39. The Hall–Kier alpha value is -0.760. The molecule has 0 spiro atoms. The van der Waals surface area contributed by atoms with Crippen LogP contribution in [0.2, 0.25) is 0 Å². The Morgan fingerprint density at radius 1 is 1.82 bits per heavy atom. The van der Waals surface area contributed by atoms with Crippen molar-refractivity contribution in [3.63, 3.8) is 0 Å². The normalized spacial score (nSPS) is 12.9. The molecule has 0 saturated carbocycles. The van der Waals surface area contributed by atoms with Crippen LogP contribution in [0.3, 0.4) is 0 Å². The van der Waals surface area contributed by atoms with E-state index in [0.717, 1.165) is 0 Å². The molecular weight excluding hydrogens is 164 g/mol. The summed E-state index contributed by atoms with van der Waals surface area (Å²) in [6.07, 6.45) is 1.87. The average molecular weight is 173 g/mol. The maximum Gasteiger partial charge on any atom is 0.131 e. The van der Waals surface area contributed by atoms with Gasteiger partial charge in [-0.2, -0.15) is 0 Å². The summed E-state index contributed by atoms with van der Waals surface area (Å²) in [5.74, 6) is 0.725. The van der Waals surface area contributed by atoms with Gasteiger partial charge in [0.25, 0.3) is 0 Å². The van der Waals surface area contributed by atoms with Crippen molar-refractivity contribution in [3.8, 4) is 0 Å². The Morgan fingerprint density at radius 2 is 2.55 bits per heavy atom. The highest BCUT2D eigenvalue weighted by molar-refractivity contribution is 6.21. The minimum absolute atomic E-state index is 0.0707. The van der Waals surface area contributed by atoms with Gasteiger partial charge < -0.3 is 4.42 Å². The Labute approximate surface area is 70.2 Å². The van der Waals surface area contributed by atoms with Crippen LogP contribution in [-0.4, -0.2) is 5.78 Å². The highest BCUT2D eigenvalue weighted by Gasteiger charge is 2.12. The van der Waals surface area contributed by atoms with Gasteiger partial charge in [-0.3, -0.25) is 4.79 Å². The van der Waals surface area contributed by atoms with Gasteiger partial charge in [-0.15, -0.1) is 11.6 Å². The fourth-order valence-electron chi connectivity index (χ4n) is 0.822. The maximum absolute atomic E-state index is 10.6. The van der Waals surface area contributed by atoms with Crippen molar-refractivity contribution >= 4 is 17.4 Å². The monoisotopic (exact) mass is 172 g/mol. The molecule has 11 heavy (non-hydrogen) atoms. The Morgan fingerprint density at radius 3 is 3.00 bits per heavy atom. The van der Waals surface area contributed by atoms with Gasteiger partial charge in [0.05, 0.1) is 11.6 Å². The zero-order chi connectivity index (χ0) is 8.27. The van der Waals surface area contributed by atoms with E-state index in [1.165, 1.54) is 6.92 Å². The van der Waals surface area contributed by atoms with Crippen molar-refractivity contribution in [1.82, 2.24) is 0 Å². The first-order valence-corrected chi connectivity index (χ1v) is 3.80. The molecule has 0 fully saturated rings. The molecule has 1 aromatic rings. The summed E-state index contributed by atoms with van der Waals surface area (Å²) >= 11 is 5.83. The summed E-state index contributed by atoms with van der Waals surface area (Å²) in [6.45, 7) is 1.51. The fraction of sp³-hybridized carbons (Fsp3) is 0.375. The molecule has 0 aliphatic heterocycles. The zero-order valence-electron chi connectivity index (χ0n) is 6.21. The van der Waals surface area contributed by atoms with Gasteiger partial charge in [0.1, 0.15) is 11.5 Å². The lowest BCUT2D eigenvalue weighted by Crippen LogP contribution is -1.96. The van der Waals surface area contributed by atoms with E-state index in [2.05, 4.69) is 0 Å². The predicted molar refractivity (Wildman–Crippen MR) is 42.6 cm³/mol. The highest BCUT2D eigenvalue weighted by Crippen LogP contribution is 2.24. The van der Waals surface area contributed by atoms with Crippen molar-refractivity contribution in [2.45, 2.75) is 18.7 Å². The molecule has 0 amide bonds. The molecule has 0 bridgehead atoms. The van der Waals surface area contributed by atoms with E-state index in [0.29, 0.717) is 12.2 Å². The van der Waals surface area contributed by atoms with E-state index in [1.54, 1.807) is 18.4 Å². The number of halogens is 1. The van der Waals surface area contributed by atoms with E-state index in [1.807, 2.05) is 0 Å². The van der Waals surface area contributed by atoms with Crippen LogP contribution >= 0.6 is 11.6 Å². The lowest BCUT2D eigenvalue weighted by molar-refractivity contribution is -0.117. The lowest BCUT2D eigenvalue weighted by Gasteiger charge is -2.01. The second-order valence-corrected chi connectivity index (χ2v) is 2.92. The predicted octanol–water partition coefficient (Wildman–Crippen LogP) is 2.54.